The summed E-state index contributed by atoms with van der Waals surface area (Å²) in [5.41, 5.74) is 6.14. The van der Waals surface area contributed by atoms with Crippen LogP contribution in [0.25, 0.3) is 0 Å². The number of carbonyl (C=O) groups is 3. The lowest BCUT2D eigenvalue weighted by Gasteiger charge is -2.31. The van der Waals surface area contributed by atoms with Crippen molar-refractivity contribution in [3.05, 3.63) is 40.2 Å². The number of rotatable bonds is 10. The van der Waals surface area contributed by atoms with E-state index in [0.717, 1.165) is 6.34 Å². The van der Waals surface area contributed by atoms with E-state index in [0.29, 0.717) is 24.6 Å². The van der Waals surface area contributed by atoms with E-state index < -0.39 is 35.9 Å². The van der Waals surface area contributed by atoms with Crippen LogP contribution >= 0.6 is 0 Å². The largest absolute Gasteiger partial charge is 0.481 e. The molecule has 14 nitrogen and oxygen atoms in total. The standard InChI is InChI=1S/C20H24N8O6/c21-9-28(8-11-7-23-16-15(24-11)18(32)27-20(22)26-16)12-3-1-10(2-4-12)17(31)25-13(19(33)34)5-6-14(29)30/h1-4,9,11,13,21,24H,5-8H2,(H,25,31)(H,29,30)(H,33,34)(H4,22,23,26,27,32)/t11?,13-/m0/s1. The monoisotopic (exact) mass is 472 g/mol. The molecule has 9 N–H and O–H groups in total. The molecule has 1 aliphatic heterocycles. The number of nitrogens with two attached hydrogens (primary N) is 1. The zero-order chi connectivity index (χ0) is 24.8. The van der Waals surface area contributed by atoms with E-state index in [1.54, 1.807) is 17.0 Å². The Morgan fingerprint density at radius 1 is 1.29 bits per heavy atom. The molecule has 1 unspecified atom stereocenters. The molecule has 0 saturated carbocycles. The normalized spacial score (nSPS) is 15.1. The predicted octanol–water partition coefficient (Wildman–Crippen LogP) is -0.280. The molecule has 0 bridgehead atoms. The van der Waals surface area contributed by atoms with E-state index in [1.165, 1.54) is 12.1 Å². The number of carboxylic acid groups (broad SMARTS) is 2. The highest BCUT2D eigenvalue weighted by atomic mass is 16.4. The Labute approximate surface area is 192 Å². The summed E-state index contributed by atoms with van der Waals surface area (Å²) >= 11 is 0. The maximum Gasteiger partial charge on any atom is 0.326 e. The van der Waals surface area contributed by atoms with Gasteiger partial charge in [-0.05, 0) is 30.7 Å². The van der Waals surface area contributed by atoms with Crippen molar-refractivity contribution >= 4 is 47.3 Å². The molecule has 0 radical (unpaired) electrons. The Kier molecular flexibility index (Phi) is 7.30. The topological polar surface area (TPSA) is 227 Å². The third-order valence-corrected chi connectivity index (χ3v) is 5.09. The van der Waals surface area contributed by atoms with Gasteiger partial charge in [0.2, 0.25) is 5.95 Å². The molecule has 2 atom stereocenters. The fourth-order valence-electron chi connectivity index (χ4n) is 3.38. The summed E-state index contributed by atoms with van der Waals surface area (Å²) in [5.74, 6) is -2.80. The van der Waals surface area contributed by atoms with Crippen LogP contribution in [0.15, 0.2) is 29.1 Å². The van der Waals surface area contributed by atoms with Crippen molar-refractivity contribution in [1.29, 1.82) is 5.41 Å². The molecule has 0 saturated heterocycles. The first-order valence-electron chi connectivity index (χ1n) is 10.2. The molecule has 1 aromatic carbocycles. The van der Waals surface area contributed by atoms with Gasteiger partial charge in [-0.1, -0.05) is 0 Å². The maximum absolute atomic E-state index is 12.4. The second kappa shape index (κ2) is 10.3. The van der Waals surface area contributed by atoms with E-state index in [9.17, 15) is 24.3 Å². The van der Waals surface area contributed by atoms with Crippen molar-refractivity contribution in [3.8, 4) is 0 Å². The molecule has 0 fully saturated rings. The van der Waals surface area contributed by atoms with E-state index in [2.05, 4.69) is 25.9 Å². The number of nitrogens with zero attached hydrogens (tertiary/aromatic N) is 2. The summed E-state index contributed by atoms with van der Waals surface area (Å²) < 4.78 is 0. The first-order valence-corrected chi connectivity index (χ1v) is 10.2. The number of nitrogen functional groups attached to an aromatic ring is 1. The molecule has 14 heteroatoms. The van der Waals surface area contributed by atoms with Gasteiger partial charge >= 0.3 is 11.9 Å². The fourth-order valence-corrected chi connectivity index (χ4v) is 3.38. The zero-order valence-electron chi connectivity index (χ0n) is 17.9. The van der Waals surface area contributed by atoms with Crippen molar-refractivity contribution in [3.63, 3.8) is 0 Å². The highest BCUT2D eigenvalue weighted by Gasteiger charge is 2.24. The lowest BCUT2D eigenvalue weighted by Crippen LogP contribution is -2.44. The molecule has 1 aliphatic rings. The third-order valence-electron chi connectivity index (χ3n) is 5.09. The highest BCUT2D eigenvalue weighted by molar-refractivity contribution is 5.97. The number of aromatic amines is 1. The average Bonchev–Trinajstić information content (AvgIpc) is 2.80. The number of amides is 1. The van der Waals surface area contributed by atoms with E-state index in [1.807, 2.05) is 0 Å². The maximum atomic E-state index is 12.4. The minimum absolute atomic E-state index is 0.00157. The van der Waals surface area contributed by atoms with Crippen LogP contribution in [-0.2, 0) is 9.59 Å². The van der Waals surface area contributed by atoms with Crippen LogP contribution < -0.4 is 32.1 Å². The number of carbonyl (C=O) groups excluding carboxylic acids is 1. The first kappa shape index (κ1) is 24.0. The van der Waals surface area contributed by atoms with Gasteiger partial charge in [-0.2, -0.15) is 4.98 Å². The molecular weight excluding hydrogens is 448 g/mol. The average molecular weight is 472 g/mol. The summed E-state index contributed by atoms with van der Waals surface area (Å²) in [5, 5.41) is 34.1. The Bertz CT molecular complexity index is 1150. The van der Waals surface area contributed by atoms with Gasteiger partial charge in [0.05, 0.1) is 12.4 Å². The molecule has 2 aromatic rings. The van der Waals surface area contributed by atoms with E-state index >= 15 is 0 Å². The van der Waals surface area contributed by atoms with Crippen LogP contribution in [0.2, 0.25) is 0 Å². The number of anilines is 4. The van der Waals surface area contributed by atoms with Gasteiger partial charge in [-0.25, -0.2) is 4.79 Å². The zero-order valence-corrected chi connectivity index (χ0v) is 17.9. The Hall–Kier alpha value is -4.62. The quantitative estimate of drug-likeness (QED) is 0.166. The number of hydrogen-bond donors (Lipinski definition) is 8. The van der Waals surface area contributed by atoms with E-state index in [-0.39, 0.29) is 29.7 Å². The lowest BCUT2D eigenvalue weighted by molar-refractivity contribution is -0.140. The Morgan fingerprint density at radius 2 is 2.00 bits per heavy atom. The number of aromatic nitrogens is 2. The molecule has 0 spiro atoms. The van der Waals surface area contributed by atoms with Crippen molar-refractivity contribution in [2.45, 2.75) is 24.9 Å². The highest BCUT2D eigenvalue weighted by Crippen LogP contribution is 2.21. The van der Waals surface area contributed by atoms with Crippen molar-refractivity contribution in [1.82, 2.24) is 15.3 Å². The Balaban J connectivity index is 1.65. The van der Waals surface area contributed by atoms with Gasteiger partial charge in [-0.15, -0.1) is 0 Å². The summed E-state index contributed by atoms with van der Waals surface area (Å²) in [6, 6.07) is 4.53. The summed E-state index contributed by atoms with van der Waals surface area (Å²) in [7, 11) is 0. The molecule has 180 valence electrons. The van der Waals surface area contributed by atoms with Gasteiger partial charge in [-0.3, -0.25) is 24.8 Å². The van der Waals surface area contributed by atoms with Gasteiger partial charge in [0.1, 0.15) is 11.7 Å². The van der Waals surface area contributed by atoms with Crippen LogP contribution in [0.3, 0.4) is 0 Å². The van der Waals surface area contributed by atoms with Crippen LogP contribution in [0.1, 0.15) is 23.2 Å². The third kappa shape index (κ3) is 5.79. The Morgan fingerprint density at radius 3 is 2.62 bits per heavy atom. The predicted molar refractivity (Wildman–Crippen MR) is 124 cm³/mol. The van der Waals surface area contributed by atoms with Crippen molar-refractivity contribution in [2.24, 2.45) is 0 Å². The molecule has 34 heavy (non-hydrogen) atoms. The van der Waals surface area contributed by atoms with Gasteiger partial charge < -0.3 is 36.8 Å². The molecule has 0 aliphatic carbocycles. The van der Waals surface area contributed by atoms with Crippen molar-refractivity contribution < 1.29 is 24.6 Å². The second-order valence-corrected chi connectivity index (χ2v) is 7.52. The van der Waals surface area contributed by atoms with Gasteiger partial charge in [0, 0.05) is 30.8 Å². The van der Waals surface area contributed by atoms with Crippen LogP contribution in [0, 0.1) is 5.41 Å². The van der Waals surface area contributed by atoms with Crippen LogP contribution in [-0.4, -0.2) is 69.5 Å². The summed E-state index contributed by atoms with van der Waals surface area (Å²) in [6.45, 7) is 0.724. The number of nitrogens with one attached hydrogen (secondary N) is 5. The fraction of sp³-hybridized carbons (Fsp3) is 0.300. The van der Waals surface area contributed by atoms with E-state index in [4.69, 9.17) is 16.2 Å². The number of aliphatic carboxylic acids is 2. The van der Waals surface area contributed by atoms with Crippen LogP contribution in [0.4, 0.5) is 23.1 Å². The lowest BCUT2D eigenvalue weighted by atomic mass is 10.1. The van der Waals surface area contributed by atoms with Crippen molar-refractivity contribution in [2.75, 3.05) is 34.4 Å². The summed E-state index contributed by atoms with van der Waals surface area (Å²) in [6.07, 6.45) is 0.463. The number of benzene rings is 1. The number of H-pyrrole nitrogens is 1. The molecule has 3 rings (SSSR count). The molecular formula is C20H24N8O6. The van der Waals surface area contributed by atoms with Gasteiger partial charge in [0.15, 0.2) is 5.82 Å². The molecule has 2 heterocycles. The second-order valence-electron chi connectivity index (χ2n) is 7.52. The van der Waals surface area contributed by atoms with Gasteiger partial charge in [0.25, 0.3) is 11.5 Å². The summed E-state index contributed by atoms with van der Waals surface area (Å²) in [4.78, 5) is 54.5. The first-order chi connectivity index (χ1) is 16.2. The number of carboxylic acids is 2. The SMILES string of the molecule is N=CN(CC1CNc2nc(N)[nH]c(=O)c2N1)c1ccc(C(=O)N[C@@H](CCC(=O)O)C(=O)O)cc1. The number of fused-ring (bicyclic) bond motifs is 1. The molecule has 1 aromatic heterocycles. The van der Waals surface area contributed by atoms with Crippen LogP contribution in [0.5, 0.6) is 0 Å². The smallest absolute Gasteiger partial charge is 0.326 e. The number of hydrogen-bond acceptors (Lipinski definition) is 9. The molecule has 1 amide bonds. The minimum atomic E-state index is -1.33. The minimum Gasteiger partial charge on any atom is -0.481 e.